The first kappa shape index (κ1) is 24.4. The summed E-state index contributed by atoms with van der Waals surface area (Å²) in [6.45, 7) is 4.77. The highest BCUT2D eigenvalue weighted by atomic mass is 35.5. The number of ether oxygens (including phenoxy) is 3. The van der Waals surface area contributed by atoms with Crippen molar-refractivity contribution in [3.8, 4) is 5.75 Å². The van der Waals surface area contributed by atoms with Gasteiger partial charge in [0.1, 0.15) is 11.3 Å². The van der Waals surface area contributed by atoms with Crippen molar-refractivity contribution < 1.29 is 23.8 Å². The van der Waals surface area contributed by atoms with Gasteiger partial charge in [0.25, 0.3) is 0 Å². The van der Waals surface area contributed by atoms with E-state index in [1.54, 1.807) is 36.4 Å². The lowest BCUT2D eigenvalue weighted by Gasteiger charge is -2.37. The van der Waals surface area contributed by atoms with E-state index >= 15 is 0 Å². The zero-order valence-corrected chi connectivity index (χ0v) is 19.9. The van der Waals surface area contributed by atoms with Gasteiger partial charge in [-0.3, -0.25) is 4.79 Å². The summed E-state index contributed by atoms with van der Waals surface area (Å²) in [7, 11) is 1.31. The lowest BCUT2D eigenvalue weighted by Crippen LogP contribution is -2.45. The second kappa shape index (κ2) is 10.6. The molecule has 1 saturated heterocycles. The molecule has 6 nitrogen and oxygen atoms in total. The van der Waals surface area contributed by atoms with Gasteiger partial charge in [-0.25, -0.2) is 4.79 Å². The summed E-state index contributed by atoms with van der Waals surface area (Å²) < 4.78 is 16.3. The number of amides is 1. The van der Waals surface area contributed by atoms with Gasteiger partial charge < -0.3 is 19.5 Å². The topological polar surface area (TPSA) is 73.9 Å². The Morgan fingerprint density at radius 3 is 2.50 bits per heavy atom. The molecule has 0 saturated carbocycles. The summed E-state index contributed by atoms with van der Waals surface area (Å²) in [5, 5.41) is 3.89. The van der Waals surface area contributed by atoms with Crippen LogP contribution in [0, 0.1) is 0 Å². The van der Waals surface area contributed by atoms with Crippen molar-refractivity contribution in [3.05, 3.63) is 57.6 Å². The molecule has 1 atom stereocenters. The molecule has 0 unspecified atom stereocenters. The number of rotatable bonds is 7. The van der Waals surface area contributed by atoms with E-state index in [4.69, 9.17) is 37.4 Å². The molecule has 2 aromatic rings. The molecule has 0 aliphatic carbocycles. The second-order valence-electron chi connectivity index (χ2n) is 7.81. The Morgan fingerprint density at radius 1 is 1.16 bits per heavy atom. The number of carbonyl (C=O) groups excluding carboxylic acids is 2. The highest BCUT2D eigenvalue weighted by Crippen LogP contribution is 2.41. The number of hydrogen-bond acceptors (Lipinski definition) is 5. The van der Waals surface area contributed by atoms with Gasteiger partial charge in [-0.05, 0) is 62.1 Å². The van der Waals surface area contributed by atoms with Crippen molar-refractivity contribution >= 4 is 40.8 Å². The molecular formula is C24H27Cl2NO5. The molecule has 172 valence electrons. The quantitative estimate of drug-likeness (QED) is 0.519. The molecule has 8 heteroatoms. The van der Waals surface area contributed by atoms with Gasteiger partial charge in [0, 0.05) is 28.9 Å². The van der Waals surface area contributed by atoms with Crippen LogP contribution in [0.3, 0.4) is 0 Å². The van der Waals surface area contributed by atoms with Crippen LogP contribution in [0.1, 0.15) is 49.0 Å². The number of hydrogen-bond donors (Lipinski definition) is 1. The normalized spacial score (nSPS) is 16.2. The summed E-state index contributed by atoms with van der Waals surface area (Å²) in [6.07, 6.45) is 1.65. The van der Waals surface area contributed by atoms with Crippen LogP contribution in [0.5, 0.6) is 5.75 Å². The number of nitrogens with one attached hydrogen (secondary N) is 1. The van der Waals surface area contributed by atoms with Crippen LogP contribution in [-0.2, 0) is 19.7 Å². The maximum atomic E-state index is 13.6. The fraction of sp³-hybridized carbons (Fsp3) is 0.417. The minimum atomic E-state index is -0.878. The number of benzene rings is 2. The SMILES string of the molecule is CC[C@H](C)Oc1ccc(NC(=O)C2(c3ccc(Cl)cc3Cl)CCOCC2)cc1C(=O)OC. The van der Waals surface area contributed by atoms with Crippen molar-refractivity contribution in [1.82, 2.24) is 0 Å². The van der Waals surface area contributed by atoms with Crippen LogP contribution < -0.4 is 10.1 Å². The summed E-state index contributed by atoms with van der Waals surface area (Å²) in [5.41, 5.74) is 0.533. The number of methoxy groups -OCH3 is 1. The smallest absolute Gasteiger partial charge is 0.341 e. The molecule has 2 aromatic carbocycles. The van der Waals surface area contributed by atoms with E-state index in [9.17, 15) is 9.59 Å². The highest BCUT2D eigenvalue weighted by molar-refractivity contribution is 6.35. The molecule has 1 heterocycles. The van der Waals surface area contributed by atoms with Gasteiger partial charge in [-0.15, -0.1) is 0 Å². The zero-order chi connectivity index (χ0) is 23.3. The third-order valence-corrected chi connectivity index (χ3v) is 6.32. The van der Waals surface area contributed by atoms with Crippen LogP contribution in [0.4, 0.5) is 5.69 Å². The summed E-state index contributed by atoms with van der Waals surface area (Å²) in [4.78, 5) is 25.9. The third-order valence-electron chi connectivity index (χ3n) is 5.77. The maximum absolute atomic E-state index is 13.6. The molecule has 1 aliphatic heterocycles. The van der Waals surface area contributed by atoms with E-state index in [-0.39, 0.29) is 17.6 Å². The van der Waals surface area contributed by atoms with E-state index in [0.717, 1.165) is 6.42 Å². The average Bonchev–Trinajstić information content (AvgIpc) is 2.79. The van der Waals surface area contributed by atoms with Gasteiger partial charge >= 0.3 is 5.97 Å². The predicted octanol–water partition coefficient (Wildman–Crippen LogP) is 5.64. The van der Waals surface area contributed by atoms with Crippen molar-refractivity contribution in [2.75, 3.05) is 25.6 Å². The van der Waals surface area contributed by atoms with Gasteiger partial charge in [-0.2, -0.15) is 0 Å². The van der Waals surface area contributed by atoms with E-state index in [1.807, 2.05) is 13.8 Å². The van der Waals surface area contributed by atoms with E-state index < -0.39 is 11.4 Å². The molecule has 0 spiro atoms. The minimum Gasteiger partial charge on any atom is -0.490 e. The molecule has 1 amide bonds. The van der Waals surface area contributed by atoms with Gasteiger partial charge in [0.15, 0.2) is 0 Å². The first-order valence-corrected chi connectivity index (χ1v) is 11.3. The Balaban J connectivity index is 1.95. The van der Waals surface area contributed by atoms with Crippen LogP contribution in [0.15, 0.2) is 36.4 Å². The molecular weight excluding hydrogens is 453 g/mol. The fourth-order valence-electron chi connectivity index (χ4n) is 3.75. The van der Waals surface area contributed by atoms with Crippen molar-refractivity contribution in [3.63, 3.8) is 0 Å². The number of esters is 1. The third kappa shape index (κ3) is 5.20. The van der Waals surface area contributed by atoms with Crippen molar-refractivity contribution in [2.24, 2.45) is 0 Å². The first-order valence-electron chi connectivity index (χ1n) is 10.5. The first-order chi connectivity index (χ1) is 15.3. The maximum Gasteiger partial charge on any atom is 0.341 e. The zero-order valence-electron chi connectivity index (χ0n) is 18.4. The van der Waals surface area contributed by atoms with Crippen molar-refractivity contribution in [1.29, 1.82) is 0 Å². The van der Waals surface area contributed by atoms with Crippen molar-refractivity contribution in [2.45, 2.75) is 44.6 Å². The van der Waals surface area contributed by atoms with Gasteiger partial charge in [0.2, 0.25) is 5.91 Å². The lowest BCUT2D eigenvalue weighted by molar-refractivity contribution is -0.125. The monoisotopic (exact) mass is 479 g/mol. The highest BCUT2D eigenvalue weighted by Gasteiger charge is 2.43. The molecule has 1 aliphatic rings. The van der Waals surface area contributed by atoms with E-state index in [2.05, 4.69) is 5.32 Å². The van der Waals surface area contributed by atoms with Crippen LogP contribution in [0.2, 0.25) is 10.0 Å². The lowest BCUT2D eigenvalue weighted by atomic mass is 9.73. The van der Waals surface area contributed by atoms with E-state index in [0.29, 0.717) is 53.1 Å². The molecule has 1 fully saturated rings. The second-order valence-corrected chi connectivity index (χ2v) is 8.66. The Morgan fingerprint density at radius 2 is 1.88 bits per heavy atom. The summed E-state index contributed by atoms with van der Waals surface area (Å²) >= 11 is 12.6. The van der Waals surface area contributed by atoms with Gasteiger partial charge in [0.05, 0.1) is 18.6 Å². The molecule has 0 aromatic heterocycles. The predicted molar refractivity (Wildman–Crippen MR) is 125 cm³/mol. The Bertz CT molecular complexity index is 988. The molecule has 0 radical (unpaired) electrons. The summed E-state index contributed by atoms with van der Waals surface area (Å²) in [6, 6.07) is 10.1. The minimum absolute atomic E-state index is 0.0728. The van der Waals surface area contributed by atoms with Crippen LogP contribution in [0.25, 0.3) is 0 Å². The van der Waals surface area contributed by atoms with Crippen LogP contribution in [-0.4, -0.2) is 38.3 Å². The standard InChI is InChI=1S/C24H27Cl2NO5/c1-4-15(2)32-21-8-6-17(14-18(21)22(28)30-3)27-23(29)24(9-11-31-12-10-24)19-7-5-16(25)13-20(19)26/h5-8,13-15H,4,9-12H2,1-3H3,(H,27,29)/t15-/m0/s1. The number of carbonyl (C=O) groups is 2. The fourth-order valence-corrected chi connectivity index (χ4v) is 4.34. The summed E-state index contributed by atoms with van der Waals surface area (Å²) in [5.74, 6) is -0.358. The van der Waals surface area contributed by atoms with Crippen LogP contribution >= 0.6 is 23.2 Å². The van der Waals surface area contributed by atoms with Gasteiger partial charge in [-0.1, -0.05) is 36.2 Å². The average molecular weight is 480 g/mol. The largest absolute Gasteiger partial charge is 0.490 e. The molecule has 1 N–H and O–H groups in total. The Hall–Kier alpha value is -2.28. The number of anilines is 1. The Labute approximate surface area is 198 Å². The molecule has 3 rings (SSSR count). The Kier molecular flexibility index (Phi) is 8.04. The molecule has 32 heavy (non-hydrogen) atoms. The van der Waals surface area contributed by atoms with E-state index in [1.165, 1.54) is 7.11 Å². The number of halogens is 2. The molecule has 0 bridgehead atoms.